The second-order valence-corrected chi connectivity index (χ2v) is 2.89. The first-order valence-electron chi connectivity index (χ1n) is 2.98. The Kier molecular flexibility index (Phi) is 2.27. The average Bonchev–Trinajstić information content (AvgIpc) is 1.88. The normalized spacial score (nSPS) is 13.1. The van der Waals surface area contributed by atoms with Crippen LogP contribution < -0.4 is 0 Å². The molecule has 1 rings (SSSR count). The van der Waals surface area contributed by atoms with Crippen molar-refractivity contribution in [3.8, 4) is 0 Å². The molecule has 0 saturated heterocycles. The monoisotopic (exact) mass is 157 g/mol. The highest BCUT2D eigenvalue weighted by Crippen LogP contribution is 2.17. The van der Waals surface area contributed by atoms with E-state index in [1.807, 2.05) is 6.92 Å². The average molecular weight is 157 g/mol. The molecular formula is C7H8FNS. The molecule has 3 heteroatoms. The van der Waals surface area contributed by atoms with Crippen molar-refractivity contribution in [1.29, 1.82) is 0 Å². The fourth-order valence-electron chi connectivity index (χ4n) is 0.657. The number of rotatable bonds is 1. The van der Waals surface area contributed by atoms with Gasteiger partial charge in [-0.25, -0.2) is 4.39 Å². The molecule has 0 saturated carbocycles. The number of hydrogen-bond acceptors (Lipinski definition) is 2. The van der Waals surface area contributed by atoms with E-state index in [1.54, 1.807) is 6.20 Å². The van der Waals surface area contributed by atoms with Gasteiger partial charge in [0.1, 0.15) is 5.82 Å². The Morgan fingerprint density at radius 3 is 2.70 bits per heavy atom. The van der Waals surface area contributed by atoms with Crippen LogP contribution in [0.25, 0.3) is 0 Å². The Morgan fingerprint density at radius 2 is 2.30 bits per heavy atom. The summed E-state index contributed by atoms with van der Waals surface area (Å²) in [4.78, 5) is 3.68. The van der Waals surface area contributed by atoms with Crippen LogP contribution in [0, 0.1) is 5.82 Å². The minimum atomic E-state index is -0.307. The van der Waals surface area contributed by atoms with Gasteiger partial charge in [0.05, 0.1) is 6.20 Å². The predicted molar refractivity (Wildman–Crippen MR) is 41.6 cm³/mol. The first-order valence-corrected chi connectivity index (χ1v) is 3.50. The minimum Gasteiger partial charge on any atom is -0.261 e. The van der Waals surface area contributed by atoms with E-state index in [0.717, 1.165) is 5.56 Å². The molecule has 1 nitrogen and oxygen atoms in total. The fraction of sp³-hybridized carbons (Fsp3) is 0.286. The molecule has 1 aromatic heterocycles. The third-order valence-electron chi connectivity index (χ3n) is 1.21. The molecule has 1 heterocycles. The third-order valence-corrected chi connectivity index (χ3v) is 1.51. The lowest BCUT2D eigenvalue weighted by Crippen LogP contribution is -1.87. The molecule has 0 N–H and O–H groups in total. The van der Waals surface area contributed by atoms with Gasteiger partial charge in [-0.2, -0.15) is 12.6 Å². The van der Waals surface area contributed by atoms with Crippen LogP contribution in [0.1, 0.15) is 17.7 Å². The summed E-state index contributed by atoms with van der Waals surface area (Å²) in [5.41, 5.74) is 0.809. The molecule has 0 bridgehead atoms. The largest absolute Gasteiger partial charge is 0.261 e. The van der Waals surface area contributed by atoms with Crippen LogP contribution in [-0.4, -0.2) is 4.98 Å². The van der Waals surface area contributed by atoms with Gasteiger partial charge in [-0.15, -0.1) is 0 Å². The molecule has 0 aliphatic carbocycles. The maximum atomic E-state index is 12.4. The summed E-state index contributed by atoms with van der Waals surface area (Å²) in [5, 5.41) is 0.0446. The van der Waals surface area contributed by atoms with Crippen LogP contribution in [0.3, 0.4) is 0 Å². The Morgan fingerprint density at radius 1 is 1.60 bits per heavy atom. The predicted octanol–water partition coefficient (Wildman–Crippen LogP) is 2.21. The lowest BCUT2D eigenvalue weighted by molar-refractivity contribution is 0.618. The summed E-state index contributed by atoms with van der Waals surface area (Å²) in [6.45, 7) is 1.87. The highest BCUT2D eigenvalue weighted by atomic mass is 32.1. The quantitative estimate of drug-likeness (QED) is 0.617. The van der Waals surface area contributed by atoms with E-state index in [2.05, 4.69) is 17.6 Å². The molecule has 0 aromatic carbocycles. The SMILES string of the molecule is CC(S)c1cncc(F)c1. The topological polar surface area (TPSA) is 12.9 Å². The molecule has 1 unspecified atom stereocenters. The van der Waals surface area contributed by atoms with Gasteiger partial charge < -0.3 is 0 Å². The lowest BCUT2D eigenvalue weighted by atomic mass is 10.2. The van der Waals surface area contributed by atoms with E-state index < -0.39 is 0 Å². The Labute approximate surface area is 64.7 Å². The van der Waals surface area contributed by atoms with Gasteiger partial charge in [-0.3, -0.25) is 4.98 Å². The maximum Gasteiger partial charge on any atom is 0.141 e. The van der Waals surface area contributed by atoms with Crippen molar-refractivity contribution >= 4 is 12.6 Å². The minimum absolute atomic E-state index is 0.0446. The summed E-state index contributed by atoms with van der Waals surface area (Å²) < 4.78 is 12.4. The molecule has 1 atom stereocenters. The van der Waals surface area contributed by atoms with E-state index >= 15 is 0 Å². The summed E-state index contributed by atoms with van der Waals surface area (Å²) in [5.74, 6) is -0.307. The molecule has 0 fully saturated rings. The van der Waals surface area contributed by atoms with Gasteiger partial charge in [-0.1, -0.05) is 0 Å². The van der Waals surface area contributed by atoms with E-state index in [0.29, 0.717) is 0 Å². The summed E-state index contributed by atoms with van der Waals surface area (Å²) in [6, 6.07) is 1.44. The van der Waals surface area contributed by atoms with Crippen molar-refractivity contribution in [1.82, 2.24) is 4.98 Å². The highest BCUT2D eigenvalue weighted by Gasteiger charge is 1.99. The number of hydrogen-bond donors (Lipinski definition) is 1. The van der Waals surface area contributed by atoms with Gasteiger partial charge >= 0.3 is 0 Å². The van der Waals surface area contributed by atoms with Crippen molar-refractivity contribution in [2.75, 3.05) is 0 Å². The standard InChI is InChI=1S/C7H8FNS/c1-5(10)6-2-7(8)4-9-3-6/h2-5,10H,1H3. The third kappa shape index (κ3) is 1.70. The fourth-order valence-corrected chi connectivity index (χ4v) is 0.798. The first kappa shape index (κ1) is 7.54. The van der Waals surface area contributed by atoms with Gasteiger partial charge in [0.25, 0.3) is 0 Å². The van der Waals surface area contributed by atoms with Gasteiger partial charge in [0.15, 0.2) is 0 Å². The summed E-state index contributed by atoms with van der Waals surface area (Å²) >= 11 is 4.13. The smallest absolute Gasteiger partial charge is 0.141 e. The van der Waals surface area contributed by atoms with E-state index in [4.69, 9.17) is 0 Å². The molecule has 10 heavy (non-hydrogen) atoms. The van der Waals surface area contributed by atoms with Crippen LogP contribution >= 0.6 is 12.6 Å². The maximum absolute atomic E-state index is 12.4. The molecule has 54 valence electrons. The number of thiol groups is 1. The zero-order valence-corrected chi connectivity index (χ0v) is 6.48. The molecule has 0 aliphatic rings. The van der Waals surface area contributed by atoms with E-state index in [9.17, 15) is 4.39 Å². The van der Waals surface area contributed by atoms with E-state index in [1.165, 1.54) is 12.3 Å². The van der Waals surface area contributed by atoms with Gasteiger partial charge in [0, 0.05) is 11.4 Å². The molecule has 0 amide bonds. The molecule has 0 aliphatic heterocycles. The highest BCUT2D eigenvalue weighted by molar-refractivity contribution is 7.80. The van der Waals surface area contributed by atoms with Gasteiger partial charge in [0.2, 0.25) is 0 Å². The zero-order chi connectivity index (χ0) is 7.56. The number of nitrogens with zero attached hydrogens (tertiary/aromatic N) is 1. The zero-order valence-electron chi connectivity index (χ0n) is 5.58. The molecule has 1 aromatic rings. The van der Waals surface area contributed by atoms with Crippen LogP contribution in [0.4, 0.5) is 4.39 Å². The van der Waals surface area contributed by atoms with Crippen LogP contribution in [-0.2, 0) is 0 Å². The number of halogens is 1. The van der Waals surface area contributed by atoms with Crippen molar-refractivity contribution in [2.45, 2.75) is 12.2 Å². The van der Waals surface area contributed by atoms with Crippen molar-refractivity contribution < 1.29 is 4.39 Å². The Balaban J connectivity index is 2.96. The molecule has 0 spiro atoms. The lowest BCUT2D eigenvalue weighted by Gasteiger charge is -2.01. The Hall–Kier alpha value is -0.570. The summed E-state index contributed by atoms with van der Waals surface area (Å²) in [6.07, 6.45) is 2.79. The van der Waals surface area contributed by atoms with Gasteiger partial charge in [-0.05, 0) is 18.6 Å². The van der Waals surface area contributed by atoms with E-state index in [-0.39, 0.29) is 11.1 Å². The second-order valence-electron chi connectivity index (χ2n) is 2.11. The van der Waals surface area contributed by atoms with Crippen LogP contribution in [0.2, 0.25) is 0 Å². The summed E-state index contributed by atoms with van der Waals surface area (Å²) in [7, 11) is 0. The van der Waals surface area contributed by atoms with Crippen LogP contribution in [0.15, 0.2) is 18.5 Å². The molecular weight excluding hydrogens is 149 g/mol. The first-order chi connectivity index (χ1) is 4.70. The van der Waals surface area contributed by atoms with Crippen molar-refractivity contribution in [3.05, 3.63) is 29.8 Å². The number of pyridine rings is 1. The second kappa shape index (κ2) is 3.01. The molecule has 0 radical (unpaired) electrons. The van der Waals surface area contributed by atoms with Crippen LogP contribution in [0.5, 0.6) is 0 Å². The number of aromatic nitrogens is 1. The Bertz CT molecular complexity index is 225. The van der Waals surface area contributed by atoms with Crippen molar-refractivity contribution in [2.24, 2.45) is 0 Å². The van der Waals surface area contributed by atoms with Crippen molar-refractivity contribution in [3.63, 3.8) is 0 Å².